The quantitative estimate of drug-likeness (QED) is 0.694. The number of benzene rings is 2. The van der Waals surface area contributed by atoms with Gasteiger partial charge in [-0.25, -0.2) is 9.97 Å². The molecule has 0 bridgehead atoms. The number of anilines is 1. The van der Waals surface area contributed by atoms with Crippen LogP contribution in [0.25, 0.3) is 11.1 Å². The molecular formula is C21H18N4O3. The number of hydrogen-bond acceptors (Lipinski definition) is 5. The summed E-state index contributed by atoms with van der Waals surface area (Å²) >= 11 is 0. The molecule has 0 atom stereocenters. The number of aromatic nitrogens is 2. The fourth-order valence-electron chi connectivity index (χ4n) is 3.10. The zero-order valence-corrected chi connectivity index (χ0v) is 15.0. The Morgan fingerprint density at radius 1 is 1.07 bits per heavy atom. The van der Waals surface area contributed by atoms with E-state index >= 15 is 0 Å². The summed E-state index contributed by atoms with van der Waals surface area (Å²) in [5, 5.41) is 2.61. The minimum Gasteiger partial charge on any atom is -0.491 e. The molecule has 1 aliphatic rings. The highest BCUT2D eigenvalue weighted by atomic mass is 16.5. The van der Waals surface area contributed by atoms with Gasteiger partial charge in [0.15, 0.2) is 0 Å². The summed E-state index contributed by atoms with van der Waals surface area (Å²) in [4.78, 5) is 33.8. The van der Waals surface area contributed by atoms with Crippen molar-refractivity contribution in [3.63, 3.8) is 0 Å². The van der Waals surface area contributed by atoms with Gasteiger partial charge in [0.05, 0.1) is 18.7 Å². The normalized spacial score (nSPS) is 13.3. The van der Waals surface area contributed by atoms with Crippen LogP contribution in [-0.2, 0) is 11.3 Å². The average Bonchev–Trinajstić information content (AvgIpc) is 2.88. The molecule has 1 aromatic heterocycles. The Hall–Kier alpha value is -3.74. The molecule has 0 saturated heterocycles. The second-order valence-corrected chi connectivity index (χ2v) is 6.29. The second kappa shape index (κ2) is 7.87. The van der Waals surface area contributed by atoms with Gasteiger partial charge in [-0.15, -0.1) is 0 Å². The summed E-state index contributed by atoms with van der Waals surface area (Å²) in [5.74, 6) is 1.05. The second-order valence-electron chi connectivity index (χ2n) is 6.29. The maximum absolute atomic E-state index is 13.1. The first-order chi connectivity index (χ1) is 13.7. The molecular weight excluding hydrogens is 356 g/mol. The van der Waals surface area contributed by atoms with E-state index in [0.717, 1.165) is 11.1 Å². The molecule has 1 aliphatic heterocycles. The smallest absolute Gasteiger partial charge is 0.258 e. The van der Waals surface area contributed by atoms with Crippen LogP contribution in [0.5, 0.6) is 5.75 Å². The number of carbonyl (C=O) groups excluding carboxylic acids is 2. The SMILES string of the molecule is O=CNc1ccc(-c2ccc3c(c2)C(=O)N(Cc2ncccn2)CCO3)cc1. The molecule has 28 heavy (non-hydrogen) atoms. The first-order valence-electron chi connectivity index (χ1n) is 8.87. The van der Waals surface area contributed by atoms with Crippen molar-refractivity contribution in [2.45, 2.75) is 6.54 Å². The maximum atomic E-state index is 13.1. The molecule has 2 heterocycles. The molecule has 2 aromatic carbocycles. The number of hydrogen-bond donors (Lipinski definition) is 1. The van der Waals surface area contributed by atoms with Crippen LogP contribution in [0.15, 0.2) is 60.9 Å². The van der Waals surface area contributed by atoms with E-state index in [1.165, 1.54) is 0 Å². The van der Waals surface area contributed by atoms with E-state index in [4.69, 9.17) is 4.74 Å². The predicted molar refractivity (Wildman–Crippen MR) is 104 cm³/mol. The van der Waals surface area contributed by atoms with E-state index in [-0.39, 0.29) is 5.91 Å². The van der Waals surface area contributed by atoms with Crippen molar-refractivity contribution in [1.29, 1.82) is 0 Å². The van der Waals surface area contributed by atoms with Crippen LogP contribution in [0.1, 0.15) is 16.2 Å². The number of amides is 2. The van der Waals surface area contributed by atoms with E-state index in [0.29, 0.717) is 48.9 Å². The van der Waals surface area contributed by atoms with Crippen molar-refractivity contribution >= 4 is 18.0 Å². The highest BCUT2D eigenvalue weighted by Gasteiger charge is 2.24. The van der Waals surface area contributed by atoms with Crippen LogP contribution < -0.4 is 10.1 Å². The van der Waals surface area contributed by atoms with Gasteiger partial charge in [0.25, 0.3) is 5.91 Å². The van der Waals surface area contributed by atoms with Crippen molar-refractivity contribution in [1.82, 2.24) is 14.9 Å². The molecule has 7 heteroatoms. The maximum Gasteiger partial charge on any atom is 0.258 e. The highest BCUT2D eigenvalue weighted by molar-refractivity contribution is 5.98. The fraction of sp³-hybridized carbons (Fsp3) is 0.143. The minimum atomic E-state index is -0.110. The van der Waals surface area contributed by atoms with Crippen molar-refractivity contribution in [2.24, 2.45) is 0 Å². The number of rotatable bonds is 5. The molecule has 0 radical (unpaired) electrons. The van der Waals surface area contributed by atoms with Crippen LogP contribution in [0.2, 0.25) is 0 Å². The van der Waals surface area contributed by atoms with Crippen LogP contribution in [0.3, 0.4) is 0 Å². The summed E-state index contributed by atoms with van der Waals surface area (Å²) in [7, 11) is 0. The summed E-state index contributed by atoms with van der Waals surface area (Å²) in [6.45, 7) is 1.21. The summed E-state index contributed by atoms with van der Waals surface area (Å²) in [5.41, 5.74) is 3.06. The standard InChI is InChI=1S/C21H18N4O3/c26-14-24-17-5-2-15(3-6-17)16-4-7-19-18(12-16)21(27)25(10-11-28-19)13-20-22-8-1-9-23-20/h1-9,12,14H,10-11,13H2,(H,24,26). The number of nitrogens with one attached hydrogen (secondary N) is 1. The third-order valence-corrected chi connectivity index (χ3v) is 4.51. The molecule has 0 spiro atoms. The molecule has 7 nitrogen and oxygen atoms in total. The van der Waals surface area contributed by atoms with Gasteiger partial charge in [0.2, 0.25) is 6.41 Å². The van der Waals surface area contributed by atoms with E-state index in [9.17, 15) is 9.59 Å². The monoisotopic (exact) mass is 374 g/mol. The zero-order valence-electron chi connectivity index (χ0n) is 15.0. The van der Waals surface area contributed by atoms with Crippen LogP contribution in [0, 0.1) is 0 Å². The Bertz CT molecular complexity index is 990. The van der Waals surface area contributed by atoms with E-state index in [2.05, 4.69) is 15.3 Å². The lowest BCUT2D eigenvalue weighted by atomic mass is 10.0. The largest absolute Gasteiger partial charge is 0.491 e. The summed E-state index contributed by atoms with van der Waals surface area (Å²) < 4.78 is 5.78. The fourth-order valence-corrected chi connectivity index (χ4v) is 3.10. The third kappa shape index (κ3) is 3.68. The lowest BCUT2D eigenvalue weighted by Crippen LogP contribution is -2.32. The lowest BCUT2D eigenvalue weighted by Gasteiger charge is -2.19. The first kappa shape index (κ1) is 17.7. The first-order valence-corrected chi connectivity index (χ1v) is 8.87. The lowest BCUT2D eigenvalue weighted by molar-refractivity contribution is -0.105. The molecule has 2 amide bonds. The van der Waals surface area contributed by atoms with E-state index < -0.39 is 0 Å². The molecule has 0 unspecified atom stereocenters. The average molecular weight is 374 g/mol. The van der Waals surface area contributed by atoms with Crippen LogP contribution in [-0.4, -0.2) is 40.3 Å². The van der Waals surface area contributed by atoms with Crippen LogP contribution in [0.4, 0.5) is 5.69 Å². The highest BCUT2D eigenvalue weighted by Crippen LogP contribution is 2.30. The van der Waals surface area contributed by atoms with Gasteiger partial charge in [-0.2, -0.15) is 0 Å². The Balaban J connectivity index is 1.62. The topological polar surface area (TPSA) is 84.4 Å². The van der Waals surface area contributed by atoms with Crippen molar-refractivity contribution < 1.29 is 14.3 Å². The number of nitrogens with zero attached hydrogens (tertiary/aromatic N) is 3. The van der Waals surface area contributed by atoms with E-state index in [1.807, 2.05) is 42.5 Å². The summed E-state index contributed by atoms with van der Waals surface area (Å²) in [6, 6.07) is 14.7. The molecule has 1 N–H and O–H groups in total. The zero-order chi connectivity index (χ0) is 19.3. The van der Waals surface area contributed by atoms with Crippen molar-refractivity contribution in [3.05, 3.63) is 72.3 Å². The molecule has 0 fully saturated rings. The Morgan fingerprint density at radius 2 is 1.82 bits per heavy atom. The van der Waals surface area contributed by atoms with Gasteiger partial charge in [-0.05, 0) is 41.5 Å². The predicted octanol–water partition coefficient (Wildman–Crippen LogP) is 2.75. The Kier molecular flexibility index (Phi) is 4.97. The number of fused-ring (bicyclic) bond motifs is 1. The summed E-state index contributed by atoms with van der Waals surface area (Å²) in [6.07, 6.45) is 3.96. The van der Waals surface area contributed by atoms with Crippen molar-refractivity contribution in [3.8, 4) is 16.9 Å². The van der Waals surface area contributed by atoms with E-state index in [1.54, 1.807) is 23.4 Å². The molecule has 140 valence electrons. The van der Waals surface area contributed by atoms with Crippen molar-refractivity contribution in [2.75, 3.05) is 18.5 Å². The van der Waals surface area contributed by atoms with Gasteiger partial charge in [-0.1, -0.05) is 18.2 Å². The van der Waals surface area contributed by atoms with Crippen LogP contribution >= 0.6 is 0 Å². The van der Waals surface area contributed by atoms with Gasteiger partial charge in [-0.3, -0.25) is 9.59 Å². The third-order valence-electron chi connectivity index (χ3n) is 4.51. The Morgan fingerprint density at radius 3 is 2.57 bits per heavy atom. The van der Waals surface area contributed by atoms with Gasteiger partial charge >= 0.3 is 0 Å². The number of ether oxygens (including phenoxy) is 1. The van der Waals surface area contributed by atoms with Gasteiger partial charge < -0.3 is 15.0 Å². The Labute approximate surface area is 162 Å². The molecule has 0 saturated carbocycles. The minimum absolute atomic E-state index is 0.110. The van der Waals surface area contributed by atoms with Gasteiger partial charge in [0.1, 0.15) is 18.2 Å². The molecule has 4 rings (SSSR count). The molecule has 3 aromatic rings. The number of carbonyl (C=O) groups is 2. The molecule has 0 aliphatic carbocycles. The van der Waals surface area contributed by atoms with Gasteiger partial charge in [0, 0.05) is 18.1 Å².